The summed E-state index contributed by atoms with van der Waals surface area (Å²) < 4.78 is 12.9. The molecule has 188 valence electrons. The summed E-state index contributed by atoms with van der Waals surface area (Å²) in [4.78, 5) is 39.5. The summed E-state index contributed by atoms with van der Waals surface area (Å²) in [5.74, 6) is -1.18. The molecule has 0 unspecified atom stereocenters. The zero-order valence-corrected chi connectivity index (χ0v) is 21.7. The van der Waals surface area contributed by atoms with Gasteiger partial charge >= 0.3 is 0 Å². The smallest absolute Gasteiger partial charge is 0.224 e. The fourth-order valence-electron chi connectivity index (χ4n) is 6.72. The van der Waals surface area contributed by atoms with Crippen LogP contribution in [0.5, 0.6) is 0 Å². The number of fused-ring (bicyclic) bond motifs is 3. The lowest BCUT2D eigenvalue weighted by Gasteiger charge is -2.60. The summed E-state index contributed by atoms with van der Waals surface area (Å²) in [5.41, 5.74) is -1.02. The molecular formula is C28H40O6. The minimum atomic E-state index is -0.906. The van der Waals surface area contributed by atoms with E-state index >= 15 is 0 Å². The van der Waals surface area contributed by atoms with Crippen LogP contribution in [0.2, 0.25) is 0 Å². The standard InChI is InChI=1S/C28H40O6/c1-8-15(2)23(30)16(3)17-13-19(29)18-14-20-27(6)11-9-21(26(4,5)32)33-22(27)10-12-28(20,7)34-25(18)24(17)31/h13,15-16,20-22,32H,8-12,14H2,1-7H3/t15-,16-,20+,21+,22+,27+,28+/m1/s1. The monoisotopic (exact) mass is 472 g/mol. The van der Waals surface area contributed by atoms with Crippen LogP contribution in [-0.4, -0.2) is 45.9 Å². The van der Waals surface area contributed by atoms with Gasteiger partial charge in [0.2, 0.25) is 5.78 Å². The Labute approximate surface area is 203 Å². The number of ether oxygens (including phenoxy) is 2. The van der Waals surface area contributed by atoms with Gasteiger partial charge < -0.3 is 14.6 Å². The Hall–Kier alpha value is -1.79. The average Bonchev–Trinajstić information content (AvgIpc) is 2.77. The molecule has 1 saturated carbocycles. The number of hydrogen-bond acceptors (Lipinski definition) is 6. The van der Waals surface area contributed by atoms with Crippen molar-refractivity contribution in [2.45, 2.75) is 110 Å². The Balaban J connectivity index is 1.62. The van der Waals surface area contributed by atoms with Gasteiger partial charge in [0.25, 0.3) is 0 Å². The normalized spacial score (nSPS) is 37.6. The lowest BCUT2D eigenvalue weighted by molar-refractivity contribution is -0.245. The van der Waals surface area contributed by atoms with Crippen molar-refractivity contribution in [2.24, 2.45) is 23.2 Å². The van der Waals surface area contributed by atoms with Crippen molar-refractivity contribution in [2.75, 3.05) is 0 Å². The van der Waals surface area contributed by atoms with Crippen LogP contribution in [0.4, 0.5) is 0 Å². The molecule has 0 aromatic heterocycles. The quantitative estimate of drug-likeness (QED) is 0.593. The van der Waals surface area contributed by atoms with E-state index in [4.69, 9.17) is 9.47 Å². The van der Waals surface area contributed by atoms with E-state index in [1.807, 2.05) is 13.8 Å². The second-order valence-corrected chi connectivity index (χ2v) is 12.1. The maximum absolute atomic E-state index is 13.5. The van der Waals surface area contributed by atoms with Crippen molar-refractivity contribution in [1.29, 1.82) is 0 Å². The average molecular weight is 473 g/mol. The van der Waals surface area contributed by atoms with Gasteiger partial charge in [-0.25, -0.2) is 0 Å². The third kappa shape index (κ3) is 3.91. The summed E-state index contributed by atoms with van der Waals surface area (Å²) in [7, 11) is 0. The lowest BCUT2D eigenvalue weighted by Crippen LogP contribution is -2.62. The van der Waals surface area contributed by atoms with Gasteiger partial charge in [-0.3, -0.25) is 14.4 Å². The molecule has 0 radical (unpaired) electrons. The molecular weight excluding hydrogens is 432 g/mol. The molecule has 0 amide bonds. The Morgan fingerprint density at radius 2 is 1.88 bits per heavy atom. The predicted octanol–water partition coefficient (Wildman–Crippen LogP) is 4.48. The first-order valence-electron chi connectivity index (χ1n) is 12.9. The van der Waals surface area contributed by atoms with Crippen molar-refractivity contribution in [3.63, 3.8) is 0 Å². The summed E-state index contributed by atoms with van der Waals surface area (Å²) in [5, 5.41) is 10.5. The maximum Gasteiger partial charge on any atom is 0.224 e. The molecule has 0 aromatic rings. The topological polar surface area (TPSA) is 89.9 Å². The van der Waals surface area contributed by atoms with E-state index in [0.29, 0.717) is 24.8 Å². The number of rotatable bonds is 5. The van der Waals surface area contributed by atoms with Crippen molar-refractivity contribution in [3.05, 3.63) is 23.0 Å². The van der Waals surface area contributed by atoms with Crippen molar-refractivity contribution >= 4 is 17.3 Å². The molecule has 6 heteroatoms. The number of carbonyl (C=O) groups excluding carboxylic acids is 3. The first kappa shape index (κ1) is 25.3. The number of aliphatic hydroxyl groups is 1. The molecule has 0 aromatic carbocycles. The summed E-state index contributed by atoms with van der Waals surface area (Å²) in [6.45, 7) is 13.4. The fraction of sp³-hybridized carbons (Fsp3) is 0.750. The zero-order chi connectivity index (χ0) is 25.2. The van der Waals surface area contributed by atoms with Crippen LogP contribution in [0.25, 0.3) is 0 Å². The SMILES string of the molecule is CC[C@@H](C)C(=O)[C@H](C)C1=CC(=O)C2=C(O[C@@]3(C)CC[C@@H]4O[C@H](C(C)(C)O)CC[C@@]4(C)[C@@H]3C2)C1=O. The van der Waals surface area contributed by atoms with Crippen LogP contribution in [-0.2, 0) is 23.9 Å². The van der Waals surface area contributed by atoms with Crippen molar-refractivity contribution in [3.8, 4) is 0 Å². The molecule has 6 nitrogen and oxygen atoms in total. The molecule has 1 N–H and O–H groups in total. The number of carbonyl (C=O) groups is 3. The molecule has 2 heterocycles. The summed E-state index contributed by atoms with van der Waals surface area (Å²) >= 11 is 0. The van der Waals surface area contributed by atoms with Crippen LogP contribution in [0, 0.1) is 23.2 Å². The van der Waals surface area contributed by atoms with Gasteiger partial charge in [0.1, 0.15) is 11.4 Å². The number of allylic oxidation sites excluding steroid dienone is 3. The van der Waals surface area contributed by atoms with Crippen LogP contribution < -0.4 is 0 Å². The molecule has 34 heavy (non-hydrogen) atoms. The number of hydrogen-bond donors (Lipinski definition) is 1. The summed E-state index contributed by atoms with van der Waals surface area (Å²) in [6.07, 6.45) is 5.36. The number of ketones is 3. The lowest BCUT2D eigenvalue weighted by atomic mass is 9.53. The van der Waals surface area contributed by atoms with Gasteiger partial charge in [-0.2, -0.15) is 0 Å². The second-order valence-electron chi connectivity index (χ2n) is 12.1. The van der Waals surface area contributed by atoms with Gasteiger partial charge in [-0.15, -0.1) is 0 Å². The van der Waals surface area contributed by atoms with Crippen LogP contribution in [0.3, 0.4) is 0 Å². The van der Waals surface area contributed by atoms with Crippen LogP contribution in [0.15, 0.2) is 23.0 Å². The maximum atomic E-state index is 13.5. The number of Topliss-reactive ketones (excluding diaryl/α,β-unsaturated/α-hetero) is 2. The molecule has 4 aliphatic rings. The Bertz CT molecular complexity index is 968. The Morgan fingerprint density at radius 1 is 1.21 bits per heavy atom. The van der Waals surface area contributed by atoms with Gasteiger partial charge in [-0.05, 0) is 65.4 Å². The van der Waals surface area contributed by atoms with Gasteiger partial charge in [-0.1, -0.05) is 27.7 Å². The fourth-order valence-corrected chi connectivity index (χ4v) is 6.72. The third-order valence-corrected chi connectivity index (χ3v) is 9.29. The van der Waals surface area contributed by atoms with E-state index in [-0.39, 0.29) is 58.1 Å². The van der Waals surface area contributed by atoms with Gasteiger partial charge in [0, 0.05) is 34.3 Å². The first-order chi connectivity index (χ1) is 15.7. The molecule has 1 saturated heterocycles. The van der Waals surface area contributed by atoms with Crippen molar-refractivity contribution in [1.82, 2.24) is 0 Å². The highest BCUT2D eigenvalue weighted by Gasteiger charge is 2.61. The molecule has 2 fully saturated rings. The van der Waals surface area contributed by atoms with E-state index in [9.17, 15) is 19.5 Å². The zero-order valence-electron chi connectivity index (χ0n) is 21.7. The van der Waals surface area contributed by atoms with E-state index < -0.39 is 17.1 Å². The van der Waals surface area contributed by atoms with Gasteiger partial charge in [0.15, 0.2) is 11.5 Å². The highest BCUT2D eigenvalue weighted by Crippen LogP contribution is 2.59. The Morgan fingerprint density at radius 3 is 2.50 bits per heavy atom. The van der Waals surface area contributed by atoms with Gasteiger partial charge in [0.05, 0.1) is 17.8 Å². The van der Waals surface area contributed by atoms with E-state index in [0.717, 1.165) is 19.3 Å². The minimum absolute atomic E-state index is 0.0196. The Kier molecular flexibility index (Phi) is 6.26. The first-order valence-corrected chi connectivity index (χ1v) is 12.9. The summed E-state index contributed by atoms with van der Waals surface area (Å²) in [6, 6.07) is 0. The predicted molar refractivity (Wildman–Crippen MR) is 128 cm³/mol. The highest BCUT2D eigenvalue weighted by molar-refractivity contribution is 6.23. The minimum Gasteiger partial charge on any atom is -0.483 e. The van der Waals surface area contributed by atoms with E-state index in [1.54, 1.807) is 20.8 Å². The largest absolute Gasteiger partial charge is 0.483 e. The van der Waals surface area contributed by atoms with E-state index in [1.165, 1.54) is 6.08 Å². The molecule has 4 rings (SSSR count). The second kappa shape index (κ2) is 8.41. The highest BCUT2D eigenvalue weighted by atomic mass is 16.5. The molecule has 2 aliphatic carbocycles. The molecule has 2 aliphatic heterocycles. The third-order valence-electron chi connectivity index (χ3n) is 9.29. The van der Waals surface area contributed by atoms with Crippen LogP contribution >= 0.6 is 0 Å². The van der Waals surface area contributed by atoms with Crippen LogP contribution in [0.1, 0.15) is 87.0 Å². The van der Waals surface area contributed by atoms with Crippen molar-refractivity contribution < 1.29 is 29.0 Å². The molecule has 0 bridgehead atoms. The van der Waals surface area contributed by atoms with E-state index in [2.05, 4.69) is 13.8 Å². The molecule has 7 atom stereocenters. The molecule has 0 spiro atoms.